The van der Waals surface area contributed by atoms with Gasteiger partial charge in [-0.15, -0.1) is 0 Å². The normalized spacial score (nSPS) is 15.2. The predicted octanol–water partition coefficient (Wildman–Crippen LogP) is 3.30. The van der Waals surface area contributed by atoms with E-state index >= 15 is 0 Å². The van der Waals surface area contributed by atoms with Gasteiger partial charge in [-0.2, -0.15) is 0 Å². The van der Waals surface area contributed by atoms with Gasteiger partial charge in [0.2, 0.25) is 0 Å². The number of aryl methyl sites for hydroxylation is 2. The summed E-state index contributed by atoms with van der Waals surface area (Å²) in [5.41, 5.74) is 4.29. The predicted molar refractivity (Wildman–Crippen MR) is 60.5 cm³/mol. The highest BCUT2D eigenvalue weighted by Gasteiger charge is 2.09. The van der Waals surface area contributed by atoms with Crippen LogP contribution in [0.3, 0.4) is 0 Å². The van der Waals surface area contributed by atoms with Crippen molar-refractivity contribution >= 4 is 17.1 Å². The molecule has 0 amide bonds. The Morgan fingerprint density at radius 1 is 1.15 bits per heavy atom. The quantitative estimate of drug-likeness (QED) is 0.483. The fourth-order valence-electron chi connectivity index (χ4n) is 1.95. The Morgan fingerprint density at radius 2 is 1.85 bits per heavy atom. The Morgan fingerprint density at radius 3 is 2.54 bits per heavy atom. The van der Waals surface area contributed by atoms with Gasteiger partial charge in [0.15, 0.2) is 0 Å². The van der Waals surface area contributed by atoms with Crippen LogP contribution in [0.4, 0.5) is 0 Å². The van der Waals surface area contributed by atoms with Crippen LogP contribution in [0.15, 0.2) is 18.2 Å². The summed E-state index contributed by atoms with van der Waals surface area (Å²) in [5.74, 6) is 0. The largest absolute Gasteiger partial charge is 0.0846 e. The summed E-state index contributed by atoms with van der Waals surface area (Å²) in [6.07, 6.45) is 5.19. The fraction of sp³-hybridized carbons (Fsp3) is 0.417. The first-order valence-electron chi connectivity index (χ1n) is 4.90. The van der Waals surface area contributed by atoms with Gasteiger partial charge in [-0.05, 0) is 49.3 Å². The Kier molecular flexibility index (Phi) is 2.45. The van der Waals surface area contributed by atoms with Gasteiger partial charge in [0, 0.05) is 4.86 Å². The van der Waals surface area contributed by atoms with E-state index in [1.807, 2.05) is 6.92 Å². The molecule has 1 aromatic rings. The van der Waals surface area contributed by atoms with Crippen LogP contribution in [-0.2, 0) is 12.8 Å². The van der Waals surface area contributed by atoms with E-state index < -0.39 is 0 Å². The summed E-state index contributed by atoms with van der Waals surface area (Å²) in [6, 6.07) is 6.68. The average molecular weight is 190 g/mol. The summed E-state index contributed by atoms with van der Waals surface area (Å²) in [5, 5.41) is 0. The summed E-state index contributed by atoms with van der Waals surface area (Å²) < 4.78 is 0. The number of hydrogen-bond donors (Lipinski definition) is 0. The Bertz CT molecular complexity index is 339. The highest BCUT2D eigenvalue weighted by Crippen LogP contribution is 2.22. The molecule has 13 heavy (non-hydrogen) atoms. The number of rotatable bonds is 1. The third kappa shape index (κ3) is 1.80. The van der Waals surface area contributed by atoms with Crippen molar-refractivity contribution in [3.8, 4) is 0 Å². The van der Waals surface area contributed by atoms with Crippen molar-refractivity contribution in [2.45, 2.75) is 32.6 Å². The molecule has 1 aliphatic carbocycles. The second kappa shape index (κ2) is 3.59. The first-order chi connectivity index (χ1) is 6.27. The molecule has 1 aliphatic rings. The fourth-order valence-corrected chi connectivity index (χ4v) is 2.08. The van der Waals surface area contributed by atoms with E-state index in [9.17, 15) is 0 Å². The molecule has 0 nitrogen and oxygen atoms in total. The van der Waals surface area contributed by atoms with Gasteiger partial charge in [0.05, 0.1) is 0 Å². The lowest BCUT2D eigenvalue weighted by atomic mass is 9.90. The van der Waals surface area contributed by atoms with Crippen molar-refractivity contribution in [2.24, 2.45) is 0 Å². The minimum Gasteiger partial charge on any atom is -0.0846 e. The Hall–Kier alpha value is -0.690. The number of benzene rings is 1. The Labute approximate surface area is 85.0 Å². The maximum atomic E-state index is 5.17. The minimum atomic E-state index is 1.01. The molecular formula is C12H14S. The Balaban J connectivity index is 2.40. The van der Waals surface area contributed by atoms with Crippen LogP contribution in [0, 0.1) is 0 Å². The molecule has 0 saturated carbocycles. The van der Waals surface area contributed by atoms with Crippen LogP contribution in [-0.4, -0.2) is 4.86 Å². The summed E-state index contributed by atoms with van der Waals surface area (Å²) in [7, 11) is 0. The van der Waals surface area contributed by atoms with Crippen LogP contribution in [0.2, 0.25) is 0 Å². The average Bonchev–Trinajstić information content (AvgIpc) is 2.17. The first-order valence-corrected chi connectivity index (χ1v) is 5.31. The smallest absolute Gasteiger partial charge is 0.0193 e. The monoisotopic (exact) mass is 190 g/mol. The molecule has 0 radical (unpaired) electrons. The number of thiocarbonyl (C=S) groups is 1. The first kappa shape index (κ1) is 8.89. The minimum absolute atomic E-state index is 1.01. The van der Waals surface area contributed by atoms with Crippen LogP contribution in [0.25, 0.3) is 0 Å². The zero-order valence-electron chi connectivity index (χ0n) is 7.97. The van der Waals surface area contributed by atoms with E-state index in [2.05, 4.69) is 18.2 Å². The third-order valence-electron chi connectivity index (χ3n) is 2.76. The van der Waals surface area contributed by atoms with Gasteiger partial charge in [-0.3, -0.25) is 0 Å². The zero-order valence-corrected chi connectivity index (χ0v) is 8.79. The van der Waals surface area contributed by atoms with E-state index in [0.717, 1.165) is 4.86 Å². The van der Waals surface area contributed by atoms with Gasteiger partial charge in [-0.25, -0.2) is 0 Å². The molecule has 0 spiro atoms. The molecular weight excluding hydrogens is 176 g/mol. The topological polar surface area (TPSA) is 0 Å². The van der Waals surface area contributed by atoms with E-state index in [1.54, 1.807) is 0 Å². The maximum Gasteiger partial charge on any atom is 0.0193 e. The van der Waals surface area contributed by atoms with Crippen molar-refractivity contribution in [3.05, 3.63) is 34.9 Å². The van der Waals surface area contributed by atoms with E-state index in [0.29, 0.717) is 0 Å². The van der Waals surface area contributed by atoms with Crippen molar-refractivity contribution in [2.75, 3.05) is 0 Å². The molecule has 0 unspecified atom stereocenters. The maximum absolute atomic E-state index is 5.17. The van der Waals surface area contributed by atoms with Crippen molar-refractivity contribution < 1.29 is 0 Å². The molecule has 0 fully saturated rings. The molecule has 2 rings (SSSR count). The number of fused-ring (bicyclic) bond motifs is 1. The lowest BCUT2D eigenvalue weighted by Gasteiger charge is -2.16. The van der Waals surface area contributed by atoms with Crippen LogP contribution >= 0.6 is 12.2 Å². The summed E-state index contributed by atoms with van der Waals surface area (Å²) in [6.45, 7) is 2.00. The van der Waals surface area contributed by atoms with Gasteiger partial charge in [0.1, 0.15) is 0 Å². The van der Waals surface area contributed by atoms with Gasteiger partial charge in [-0.1, -0.05) is 30.4 Å². The molecule has 1 heteroatoms. The van der Waals surface area contributed by atoms with Gasteiger partial charge >= 0.3 is 0 Å². The highest BCUT2D eigenvalue weighted by atomic mass is 32.1. The molecule has 0 saturated heterocycles. The second-order valence-electron chi connectivity index (χ2n) is 3.75. The lowest BCUT2D eigenvalue weighted by molar-refractivity contribution is 0.685. The van der Waals surface area contributed by atoms with E-state index in [4.69, 9.17) is 12.2 Å². The van der Waals surface area contributed by atoms with Crippen LogP contribution in [0.1, 0.15) is 36.5 Å². The van der Waals surface area contributed by atoms with Crippen LogP contribution < -0.4 is 0 Å². The van der Waals surface area contributed by atoms with Crippen molar-refractivity contribution in [3.63, 3.8) is 0 Å². The van der Waals surface area contributed by atoms with Gasteiger partial charge in [0.25, 0.3) is 0 Å². The molecule has 0 bridgehead atoms. The van der Waals surface area contributed by atoms with E-state index in [-0.39, 0.29) is 0 Å². The van der Waals surface area contributed by atoms with Gasteiger partial charge < -0.3 is 0 Å². The molecule has 0 aromatic heterocycles. The van der Waals surface area contributed by atoms with Crippen molar-refractivity contribution in [1.29, 1.82) is 0 Å². The van der Waals surface area contributed by atoms with E-state index in [1.165, 1.54) is 42.4 Å². The SMILES string of the molecule is CC(=S)c1ccc2c(c1)CCCC2. The molecule has 0 N–H and O–H groups in total. The molecule has 0 aliphatic heterocycles. The zero-order chi connectivity index (χ0) is 9.26. The van der Waals surface area contributed by atoms with Crippen LogP contribution in [0.5, 0.6) is 0 Å². The molecule has 68 valence electrons. The summed E-state index contributed by atoms with van der Waals surface area (Å²) in [4.78, 5) is 1.01. The van der Waals surface area contributed by atoms with Crippen molar-refractivity contribution in [1.82, 2.24) is 0 Å². The third-order valence-corrected chi connectivity index (χ3v) is 2.99. The lowest BCUT2D eigenvalue weighted by Crippen LogP contribution is -2.04. The molecule has 0 heterocycles. The molecule has 1 aromatic carbocycles. The summed E-state index contributed by atoms with van der Waals surface area (Å²) >= 11 is 5.17. The number of hydrogen-bond acceptors (Lipinski definition) is 1. The molecule has 0 atom stereocenters. The second-order valence-corrected chi connectivity index (χ2v) is 4.36. The highest BCUT2D eigenvalue weighted by molar-refractivity contribution is 7.80. The standard InChI is InChI=1S/C12H14S/c1-9(13)11-7-6-10-4-2-3-5-12(10)8-11/h6-8H,2-5H2,1H3.